The number of thioether (sulfide) groups is 1. The van der Waals surface area contributed by atoms with E-state index in [-0.39, 0.29) is 0 Å². The first kappa shape index (κ1) is 15.1. The number of hydrogen-bond donors (Lipinski definition) is 0. The zero-order chi connectivity index (χ0) is 14.2. The summed E-state index contributed by atoms with van der Waals surface area (Å²) in [4.78, 5) is 1.22. The van der Waals surface area contributed by atoms with Crippen LogP contribution in [-0.4, -0.2) is 19.5 Å². The Morgan fingerprint density at radius 3 is 2.35 bits per heavy atom. The van der Waals surface area contributed by atoms with Crippen molar-refractivity contribution in [3.8, 4) is 11.5 Å². The minimum atomic E-state index is 0.557. The van der Waals surface area contributed by atoms with Crippen LogP contribution in [0.3, 0.4) is 0 Å². The number of halogens is 1. The van der Waals surface area contributed by atoms with E-state index in [0.717, 1.165) is 22.8 Å². The molecule has 0 radical (unpaired) electrons. The third-order valence-corrected chi connectivity index (χ3v) is 4.04. The lowest BCUT2D eigenvalue weighted by Gasteiger charge is -2.10. The van der Waals surface area contributed by atoms with Crippen molar-refractivity contribution >= 4 is 23.4 Å². The van der Waals surface area contributed by atoms with Gasteiger partial charge in [-0.2, -0.15) is 0 Å². The second-order valence-electron chi connectivity index (χ2n) is 4.13. The molecule has 2 nitrogen and oxygen atoms in total. The minimum absolute atomic E-state index is 0.557. The molecule has 0 unspecified atom stereocenters. The van der Waals surface area contributed by atoms with Gasteiger partial charge in [0.15, 0.2) is 11.5 Å². The Balaban J connectivity index is 1.78. The summed E-state index contributed by atoms with van der Waals surface area (Å²) in [6, 6.07) is 16.0. The van der Waals surface area contributed by atoms with Gasteiger partial charge in [-0.15, -0.1) is 23.4 Å². The summed E-state index contributed by atoms with van der Waals surface area (Å²) < 4.78 is 11.0. The van der Waals surface area contributed by atoms with E-state index in [1.165, 1.54) is 4.90 Å². The average molecular weight is 309 g/mol. The highest BCUT2D eigenvalue weighted by Gasteiger charge is 2.02. The normalized spacial score (nSPS) is 10.3. The van der Waals surface area contributed by atoms with E-state index in [1.807, 2.05) is 24.3 Å². The van der Waals surface area contributed by atoms with Crippen molar-refractivity contribution in [2.24, 2.45) is 0 Å². The maximum absolute atomic E-state index is 5.76. The summed E-state index contributed by atoms with van der Waals surface area (Å²) in [6.07, 6.45) is 0. The van der Waals surface area contributed by atoms with Crippen LogP contribution in [0.1, 0.15) is 5.56 Å². The molecule has 2 rings (SSSR count). The molecule has 20 heavy (non-hydrogen) atoms. The first-order valence-corrected chi connectivity index (χ1v) is 7.89. The van der Waals surface area contributed by atoms with Crippen molar-refractivity contribution in [1.82, 2.24) is 0 Å². The van der Waals surface area contributed by atoms with Crippen molar-refractivity contribution in [2.45, 2.75) is 10.8 Å². The van der Waals surface area contributed by atoms with Crippen LogP contribution in [-0.2, 0) is 5.88 Å². The number of alkyl halides is 1. The molecule has 0 fully saturated rings. The van der Waals surface area contributed by atoms with Crippen molar-refractivity contribution in [1.29, 1.82) is 0 Å². The summed E-state index contributed by atoms with van der Waals surface area (Å²) in [7, 11) is 1.65. The molecule has 0 saturated carbocycles. The fraction of sp³-hybridized carbons (Fsp3) is 0.250. The van der Waals surface area contributed by atoms with E-state index >= 15 is 0 Å². The van der Waals surface area contributed by atoms with Gasteiger partial charge < -0.3 is 9.47 Å². The molecule has 2 aromatic rings. The van der Waals surface area contributed by atoms with E-state index in [0.29, 0.717) is 12.5 Å². The standard InChI is InChI=1S/C16H17ClO2S/c1-18-15-4-2-3-5-16(15)19-10-11-20-14-8-6-13(12-17)7-9-14/h2-9H,10-12H2,1H3. The van der Waals surface area contributed by atoms with Crippen molar-refractivity contribution in [2.75, 3.05) is 19.5 Å². The smallest absolute Gasteiger partial charge is 0.161 e. The van der Waals surface area contributed by atoms with Crippen LogP contribution in [0.15, 0.2) is 53.4 Å². The fourth-order valence-corrected chi connectivity index (χ4v) is 2.63. The number of ether oxygens (including phenoxy) is 2. The first-order valence-electron chi connectivity index (χ1n) is 6.37. The maximum atomic E-state index is 5.76. The van der Waals surface area contributed by atoms with E-state index in [9.17, 15) is 0 Å². The molecular weight excluding hydrogens is 292 g/mol. The molecule has 0 aliphatic heterocycles. The second kappa shape index (κ2) is 8.08. The quantitative estimate of drug-likeness (QED) is 0.423. The van der Waals surface area contributed by atoms with Crippen molar-refractivity contribution in [3.05, 3.63) is 54.1 Å². The number of para-hydroxylation sites is 2. The van der Waals surface area contributed by atoms with E-state index in [4.69, 9.17) is 21.1 Å². The highest BCUT2D eigenvalue weighted by molar-refractivity contribution is 7.99. The topological polar surface area (TPSA) is 18.5 Å². The van der Waals surface area contributed by atoms with E-state index in [1.54, 1.807) is 18.9 Å². The number of methoxy groups -OCH3 is 1. The van der Waals surface area contributed by atoms with Gasteiger partial charge >= 0.3 is 0 Å². The Hall–Kier alpha value is -1.32. The molecule has 106 valence electrons. The van der Waals surface area contributed by atoms with Gasteiger partial charge in [-0.1, -0.05) is 24.3 Å². The minimum Gasteiger partial charge on any atom is -0.493 e. The second-order valence-corrected chi connectivity index (χ2v) is 5.56. The first-order chi connectivity index (χ1) is 9.83. The van der Waals surface area contributed by atoms with Gasteiger partial charge in [-0.25, -0.2) is 0 Å². The highest BCUT2D eigenvalue weighted by Crippen LogP contribution is 2.26. The molecule has 0 aliphatic carbocycles. The number of rotatable bonds is 7. The van der Waals surface area contributed by atoms with Gasteiger partial charge in [-0.3, -0.25) is 0 Å². The summed E-state index contributed by atoms with van der Waals surface area (Å²) in [5.74, 6) is 3.00. The molecular formula is C16H17ClO2S. The lowest BCUT2D eigenvalue weighted by molar-refractivity contribution is 0.313. The highest BCUT2D eigenvalue weighted by atomic mass is 35.5. The molecule has 0 N–H and O–H groups in total. The molecule has 0 saturated heterocycles. The van der Waals surface area contributed by atoms with E-state index in [2.05, 4.69) is 24.3 Å². The van der Waals surface area contributed by atoms with Crippen LogP contribution >= 0.6 is 23.4 Å². The zero-order valence-electron chi connectivity index (χ0n) is 11.3. The predicted molar refractivity (Wildman–Crippen MR) is 85.2 cm³/mol. The maximum Gasteiger partial charge on any atom is 0.161 e. The molecule has 0 aromatic heterocycles. The molecule has 0 heterocycles. The molecule has 2 aromatic carbocycles. The van der Waals surface area contributed by atoms with Gasteiger partial charge in [0, 0.05) is 16.5 Å². The number of hydrogen-bond acceptors (Lipinski definition) is 3. The zero-order valence-corrected chi connectivity index (χ0v) is 12.9. The monoisotopic (exact) mass is 308 g/mol. The van der Waals surface area contributed by atoms with Crippen molar-refractivity contribution < 1.29 is 9.47 Å². The SMILES string of the molecule is COc1ccccc1OCCSc1ccc(CCl)cc1. The largest absolute Gasteiger partial charge is 0.493 e. The molecule has 4 heteroatoms. The van der Waals surface area contributed by atoms with Crippen LogP contribution in [0, 0.1) is 0 Å². The molecule has 0 aliphatic rings. The van der Waals surface area contributed by atoms with Crippen LogP contribution in [0.25, 0.3) is 0 Å². The van der Waals surface area contributed by atoms with Gasteiger partial charge in [0.05, 0.1) is 13.7 Å². The fourth-order valence-electron chi connectivity index (χ4n) is 1.72. The van der Waals surface area contributed by atoms with Gasteiger partial charge in [0.25, 0.3) is 0 Å². The Labute approximate surface area is 129 Å². The molecule has 0 spiro atoms. The lowest BCUT2D eigenvalue weighted by atomic mass is 10.2. The Kier molecular flexibility index (Phi) is 6.09. The van der Waals surface area contributed by atoms with Gasteiger partial charge in [0.2, 0.25) is 0 Å². The third-order valence-electron chi connectivity index (χ3n) is 2.76. The lowest BCUT2D eigenvalue weighted by Crippen LogP contribution is -2.01. The third kappa shape index (κ3) is 4.36. The van der Waals surface area contributed by atoms with Crippen LogP contribution in [0.5, 0.6) is 11.5 Å². The summed E-state index contributed by atoms with van der Waals surface area (Å²) in [5, 5.41) is 0. The molecule has 0 bridgehead atoms. The van der Waals surface area contributed by atoms with Gasteiger partial charge in [0.1, 0.15) is 0 Å². The predicted octanol–water partition coefficient (Wildman–Crippen LogP) is 4.61. The Morgan fingerprint density at radius 1 is 1.00 bits per heavy atom. The molecule has 0 amide bonds. The van der Waals surface area contributed by atoms with E-state index < -0.39 is 0 Å². The van der Waals surface area contributed by atoms with Crippen molar-refractivity contribution in [3.63, 3.8) is 0 Å². The van der Waals surface area contributed by atoms with Crippen LogP contribution in [0.2, 0.25) is 0 Å². The van der Waals surface area contributed by atoms with Crippen LogP contribution < -0.4 is 9.47 Å². The Bertz CT molecular complexity index is 528. The van der Waals surface area contributed by atoms with Gasteiger partial charge in [-0.05, 0) is 29.8 Å². The Morgan fingerprint density at radius 2 is 1.70 bits per heavy atom. The summed E-state index contributed by atoms with van der Waals surface area (Å²) >= 11 is 7.53. The summed E-state index contributed by atoms with van der Waals surface area (Å²) in [6.45, 7) is 0.641. The van der Waals surface area contributed by atoms with Crippen LogP contribution in [0.4, 0.5) is 0 Å². The summed E-state index contributed by atoms with van der Waals surface area (Å²) in [5.41, 5.74) is 1.14. The molecule has 0 atom stereocenters. The average Bonchev–Trinajstić information content (AvgIpc) is 2.52. The number of benzene rings is 2.